The molecule has 230 valence electrons. The second kappa shape index (κ2) is 12.5. The van der Waals surface area contributed by atoms with Crippen molar-refractivity contribution in [2.24, 2.45) is 0 Å². The largest absolute Gasteiger partial charge is 0.496 e. The summed E-state index contributed by atoms with van der Waals surface area (Å²) in [6.45, 7) is 5.63. The van der Waals surface area contributed by atoms with Crippen LogP contribution in [-0.2, 0) is 10.0 Å². The van der Waals surface area contributed by atoms with Crippen LogP contribution in [0.3, 0.4) is 0 Å². The highest BCUT2D eigenvalue weighted by molar-refractivity contribution is 7.89. The number of nitrogens with one attached hydrogen (secondary N) is 1. The van der Waals surface area contributed by atoms with Crippen molar-refractivity contribution in [2.75, 3.05) is 58.7 Å². The molecule has 1 aromatic heterocycles. The Morgan fingerprint density at radius 1 is 0.864 bits per heavy atom. The lowest BCUT2D eigenvalue weighted by Gasteiger charge is -2.32. The van der Waals surface area contributed by atoms with Crippen LogP contribution in [0.15, 0.2) is 65.6 Å². The van der Waals surface area contributed by atoms with Crippen LogP contribution in [-0.4, -0.2) is 92.1 Å². The fraction of sp³-hybridized carbons (Fsp3) is 0.364. The summed E-state index contributed by atoms with van der Waals surface area (Å²) in [7, 11) is -0.0988. The number of aromatic nitrogens is 2. The smallest absolute Gasteiger partial charge is 0.257 e. The number of hydrogen-bond donors (Lipinski definition) is 1. The van der Waals surface area contributed by atoms with Gasteiger partial charge in [-0.25, -0.2) is 8.42 Å². The van der Waals surface area contributed by atoms with Gasteiger partial charge in [0.15, 0.2) is 5.82 Å². The van der Waals surface area contributed by atoms with Crippen LogP contribution >= 0.6 is 0 Å². The van der Waals surface area contributed by atoms with Gasteiger partial charge in [0, 0.05) is 61.3 Å². The van der Waals surface area contributed by atoms with Gasteiger partial charge in [0.1, 0.15) is 11.4 Å². The maximum absolute atomic E-state index is 13.7. The number of rotatable bonds is 7. The number of aryl methyl sites for hydroxylation is 1. The van der Waals surface area contributed by atoms with Gasteiger partial charge < -0.3 is 19.9 Å². The van der Waals surface area contributed by atoms with Crippen molar-refractivity contribution in [2.45, 2.75) is 31.1 Å². The number of amides is 1. The zero-order chi connectivity index (χ0) is 30.8. The lowest BCUT2D eigenvalue weighted by molar-refractivity contribution is 0.0721. The third-order valence-corrected chi connectivity index (χ3v) is 10.6. The highest BCUT2D eigenvalue weighted by atomic mass is 32.2. The van der Waals surface area contributed by atoms with Gasteiger partial charge in [0.25, 0.3) is 5.91 Å². The summed E-state index contributed by atoms with van der Waals surface area (Å²) >= 11 is 0. The van der Waals surface area contributed by atoms with Crippen molar-refractivity contribution >= 4 is 38.2 Å². The van der Waals surface area contributed by atoms with Crippen LogP contribution < -0.4 is 10.1 Å². The SMILES string of the molecule is COc1ccc(Nc2nnc(-c3ccc(C)c(S(=O)(=O)N4CCN(C)CC4)c3)c3ccccc23)cc1C(=O)N1CCCCC1. The van der Waals surface area contributed by atoms with Gasteiger partial charge in [0.2, 0.25) is 10.0 Å². The summed E-state index contributed by atoms with van der Waals surface area (Å²) in [5, 5.41) is 14.1. The van der Waals surface area contributed by atoms with Crippen LogP contribution in [0.25, 0.3) is 22.0 Å². The second-order valence-electron chi connectivity index (χ2n) is 11.5. The van der Waals surface area contributed by atoms with Gasteiger partial charge >= 0.3 is 0 Å². The Bertz CT molecular complexity index is 1800. The summed E-state index contributed by atoms with van der Waals surface area (Å²) in [5.74, 6) is 1.01. The molecule has 0 aliphatic carbocycles. The molecule has 2 fully saturated rings. The lowest BCUT2D eigenvalue weighted by Crippen LogP contribution is -2.47. The molecule has 0 saturated carbocycles. The number of benzene rings is 3. The molecule has 3 heterocycles. The summed E-state index contributed by atoms with van der Waals surface area (Å²) in [5.41, 5.74) is 3.16. The zero-order valence-electron chi connectivity index (χ0n) is 25.4. The van der Waals surface area contributed by atoms with E-state index in [-0.39, 0.29) is 10.8 Å². The first kappa shape index (κ1) is 30.0. The van der Waals surface area contributed by atoms with Crippen LogP contribution in [0, 0.1) is 6.92 Å². The molecule has 10 nitrogen and oxygen atoms in total. The van der Waals surface area contributed by atoms with E-state index in [4.69, 9.17) is 4.74 Å². The maximum Gasteiger partial charge on any atom is 0.257 e. The minimum atomic E-state index is -3.67. The number of likely N-dealkylation sites (tertiary alicyclic amines) is 1. The second-order valence-corrected chi connectivity index (χ2v) is 13.4. The highest BCUT2D eigenvalue weighted by Gasteiger charge is 2.29. The Labute approximate surface area is 258 Å². The van der Waals surface area contributed by atoms with Crippen LogP contribution in [0.1, 0.15) is 35.2 Å². The maximum atomic E-state index is 13.7. The molecule has 11 heteroatoms. The van der Waals surface area contributed by atoms with Crippen molar-refractivity contribution < 1.29 is 17.9 Å². The van der Waals surface area contributed by atoms with Gasteiger partial charge in [-0.05, 0) is 63.1 Å². The van der Waals surface area contributed by atoms with Gasteiger partial charge in [0.05, 0.1) is 17.6 Å². The number of hydrogen-bond acceptors (Lipinski definition) is 8. The molecule has 4 aromatic rings. The first-order valence-electron chi connectivity index (χ1n) is 15.1. The highest BCUT2D eigenvalue weighted by Crippen LogP contribution is 2.34. The quantitative estimate of drug-likeness (QED) is 0.313. The zero-order valence-corrected chi connectivity index (χ0v) is 26.2. The summed E-state index contributed by atoms with van der Waals surface area (Å²) < 4.78 is 34.4. The Balaban J connectivity index is 1.34. The molecule has 6 rings (SSSR count). The molecule has 0 radical (unpaired) electrons. The minimum absolute atomic E-state index is 0.0433. The van der Waals surface area contributed by atoms with E-state index in [1.165, 1.54) is 0 Å². The molecule has 2 aliphatic rings. The molecular formula is C33H38N6O4S. The van der Waals surface area contributed by atoms with E-state index < -0.39 is 10.0 Å². The fourth-order valence-electron chi connectivity index (χ4n) is 5.96. The Hall–Kier alpha value is -4.06. The molecule has 0 atom stereocenters. The number of piperidine rings is 1. The van der Waals surface area contributed by atoms with E-state index in [2.05, 4.69) is 20.4 Å². The molecule has 0 spiro atoms. The number of piperazine rings is 1. The van der Waals surface area contributed by atoms with E-state index >= 15 is 0 Å². The van der Waals surface area contributed by atoms with Crippen molar-refractivity contribution in [3.05, 3.63) is 71.8 Å². The Kier molecular flexibility index (Phi) is 8.53. The fourth-order valence-corrected chi connectivity index (χ4v) is 7.63. The molecular weight excluding hydrogens is 576 g/mol. The van der Waals surface area contributed by atoms with Gasteiger partial charge in [-0.2, -0.15) is 4.31 Å². The van der Waals surface area contributed by atoms with Crippen LogP contribution in [0.5, 0.6) is 5.75 Å². The number of likely N-dealkylation sites (N-methyl/N-ethyl adjacent to an activating group) is 1. The molecule has 2 saturated heterocycles. The van der Waals surface area contributed by atoms with Crippen molar-refractivity contribution in [3.8, 4) is 17.0 Å². The molecule has 0 unspecified atom stereocenters. The van der Waals surface area contributed by atoms with E-state index in [0.29, 0.717) is 65.8 Å². The van der Waals surface area contributed by atoms with E-state index in [1.807, 2.05) is 61.3 Å². The predicted octanol–water partition coefficient (Wildman–Crippen LogP) is 4.92. The third kappa shape index (κ3) is 5.87. The molecule has 3 aromatic carbocycles. The average Bonchev–Trinajstić information content (AvgIpc) is 3.05. The summed E-state index contributed by atoms with van der Waals surface area (Å²) in [6.07, 6.45) is 3.15. The standard InChI is InChI=1S/C33H38N6O4S/c1-23-11-12-24(21-30(23)44(41,42)39-19-17-37(2)18-20-39)31-26-9-5-6-10-27(26)32(36-35-31)34-25-13-14-29(43-3)28(22-25)33(40)38-15-7-4-8-16-38/h5-6,9-14,21-22H,4,7-8,15-20H2,1-3H3,(H,34,36). The third-order valence-electron chi connectivity index (χ3n) is 8.56. The first-order chi connectivity index (χ1) is 21.3. The lowest BCUT2D eigenvalue weighted by atomic mass is 10.0. The minimum Gasteiger partial charge on any atom is -0.496 e. The number of nitrogens with zero attached hydrogens (tertiary/aromatic N) is 5. The summed E-state index contributed by atoms with van der Waals surface area (Å²) in [4.78, 5) is 17.7. The van der Waals surface area contributed by atoms with Gasteiger partial charge in [-0.3, -0.25) is 4.79 Å². The first-order valence-corrected chi connectivity index (χ1v) is 16.5. The number of sulfonamides is 1. The Morgan fingerprint density at radius 2 is 1.59 bits per heavy atom. The summed E-state index contributed by atoms with van der Waals surface area (Å²) in [6, 6.07) is 18.7. The van der Waals surface area contributed by atoms with E-state index in [1.54, 1.807) is 29.6 Å². The van der Waals surface area contributed by atoms with Crippen molar-refractivity contribution in [1.29, 1.82) is 0 Å². The molecule has 1 amide bonds. The normalized spacial score (nSPS) is 16.7. The topological polar surface area (TPSA) is 108 Å². The number of carbonyl (C=O) groups is 1. The number of carbonyl (C=O) groups excluding carboxylic acids is 1. The average molecular weight is 615 g/mol. The van der Waals surface area contributed by atoms with Gasteiger partial charge in [-0.15, -0.1) is 10.2 Å². The van der Waals surface area contributed by atoms with E-state index in [9.17, 15) is 13.2 Å². The molecule has 1 N–H and O–H groups in total. The van der Waals surface area contributed by atoms with Crippen molar-refractivity contribution in [1.82, 2.24) is 24.3 Å². The number of ether oxygens (including phenoxy) is 1. The monoisotopic (exact) mass is 614 g/mol. The Morgan fingerprint density at radius 3 is 2.32 bits per heavy atom. The van der Waals surface area contributed by atoms with Crippen LogP contribution in [0.2, 0.25) is 0 Å². The van der Waals surface area contributed by atoms with Gasteiger partial charge in [-0.1, -0.05) is 36.4 Å². The molecule has 44 heavy (non-hydrogen) atoms. The van der Waals surface area contributed by atoms with Crippen molar-refractivity contribution in [3.63, 3.8) is 0 Å². The van der Waals surface area contributed by atoms with Crippen LogP contribution in [0.4, 0.5) is 11.5 Å². The number of methoxy groups -OCH3 is 1. The van der Waals surface area contributed by atoms with E-state index in [0.717, 1.165) is 43.1 Å². The number of fused-ring (bicyclic) bond motifs is 1. The molecule has 0 bridgehead atoms. The molecule has 2 aliphatic heterocycles. The predicted molar refractivity (Wildman–Crippen MR) is 172 cm³/mol. The number of anilines is 2.